The van der Waals surface area contributed by atoms with Crippen LogP contribution in [0.5, 0.6) is 11.5 Å². The number of nitrogens with one attached hydrogen (secondary N) is 1. The summed E-state index contributed by atoms with van der Waals surface area (Å²) in [5.74, 6) is -1.76. The first-order chi connectivity index (χ1) is 14.3. The average molecular weight is 439 g/mol. The Labute approximate surface area is 179 Å². The summed E-state index contributed by atoms with van der Waals surface area (Å²) < 4.78 is 20.8. The number of fused-ring (bicyclic) bond motifs is 1. The van der Waals surface area contributed by atoms with Crippen molar-refractivity contribution in [1.29, 1.82) is 0 Å². The smallest absolute Gasteiger partial charge is 0.534 e. The minimum absolute atomic E-state index is 0.00276. The van der Waals surface area contributed by atoms with Gasteiger partial charge in [-0.2, -0.15) is 11.8 Å². The molecule has 0 saturated carbocycles. The molecule has 2 rings (SSSR count). The highest BCUT2D eigenvalue weighted by molar-refractivity contribution is 7.99. The number of thioether (sulfide) groups is 1. The van der Waals surface area contributed by atoms with Crippen molar-refractivity contribution in [2.24, 2.45) is 5.92 Å². The lowest BCUT2D eigenvalue weighted by Gasteiger charge is -2.30. The Balaban J connectivity index is 2.16. The second-order valence-electron chi connectivity index (χ2n) is 6.94. The predicted octanol–water partition coefficient (Wildman–Crippen LogP) is 0.852. The third-order valence-electron chi connectivity index (χ3n) is 4.55. The number of ether oxygens (including phenoxy) is 3. The van der Waals surface area contributed by atoms with Crippen molar-refractivity contribution in [3.8, 4) is 11.5 Å². The van der Waals surface area contributed by atoms with Crippen LogP contribution in [-0.4, -0.2) is 68.3 Å². The molecule has 1 aliphatic rings. The minimum Gasteiger partial charge on any atom is -0.534 e. The summed E-state index contributed by atoms with van der Waals surface area (Å²) >= 11 is 1.40. The molecule has 11 heteroatoms. The molecule has 2 unspecified atom stereocenters. The Bertz CT molecular complexity index is 775. The molecule has 1 aliphatic heterocycles. The van der Waals surface area contributed by atoms with Crippen LogP contribution in [0.25, 0.3) is 0 Å². The quantitative estimate of drug-likeness (QED) is 0.235. The molecule has 30 heavy (non-hydrogen) atoms. The third-order valence-corrected chi connectivity index (χ3v) is 5.43. The van der Waals surface area contributed by atoms with Crippen LogP contribution in [0.1, 0.15) is 29.8 Å². The van der Waals surface area contributed by atoms with Gasteiger partial charge in [-0.3, -0.25) is 4.79 Å². The number of methoxy groups -OCH3 is 1. The Morgan fingerprint density at radius 1 is 1.40 bits per heavy atom. The molecule has 1 aromatic carbocycles. The molecule has 0 fully saturated rings. The van der Waals surface area contributed by atoms with Gasteiger partial charge in [0.25, 0.3) is 0 Å². The van der Waals surface area contributed by atoms with Crippen molar-refractivity contribution in [2.45, 2.75) is 31.5 Å². The van der Waals surface area contributed by atoms with Crippen LogP contribution >= 0.6 is 11.8 Å². The molecular weight excluding hydrogens is 413 g/mol. The molecular formula is C19H26BNO8S. The van der Waals surface area contributed by atoms with E-state index in [-0.39, 0.29) is 28.2 Å². The molecule has 2 N–H and O–H groups in total. The lowest BCUT2D eigenvalue weighted by Crippen LogP contribution is -2.52. The van der Waals surface area contributed by atoms with Crippen LogP contribution in [-0.2, 0) is 25.5 Å². The standard InChI is InChI=1S/C19H26BNO8S/c1-11(2)18(23)27-10-28-19(24)16-14(26-3)6-5-12-7-15(20(25)29-17(12)16)21-8-13(9-22)30-4/h5-6,9,11,13,15,21,25H,7-8,10H2,1-4H3. The number of carbonyl (C=O) groups excluding carboxylic acids is 3. The first kappa shape index (κ1) is 24.0. The number of benzene rings is 1. The van der Waals surface area contributed by atoms with E-state index in [2.05, 4.69) is 5.32 Å². The molecule has 0 saturated heterocycles. The number of esters is 2. The maximum Gasteiger partial charge on any atom is 0.541 e. The highest BCUT2D eigenvalue weighted by atomic mass is 32.2. The monoisotopic (exact) mass is 439 g/mol. The summed E-state index contributed by atoms with van der Waals surface area (Å²) in [6.07, 6.45) is 3.03. The fraction of sp³-hybridized carbons (Fsp3) is 0.526. The Kier molecular flexibility index (Phi) is 9.00. The normalized spacial score (nSPS) is 16.3. The van der Waals surface area contributed by atoms with Crippen molar-refractivity contribution in [3.63, 3.8) is 0 Å². The zero-order valence-corrected chi connectivity index (χ0v) is 18.2. The zero-order chi connectivity index (χ0) is 22.3. The average Bonchev–Trinajstić information content (AvgIpc) is 2.73. The van der Waals surface area contributed by atoms with Gasteiger partial charge in [0.2, 0.25) is 6.79 Å². The molecule has 0 bridgehead atoms. The second kappa shape index (κ2) is 11.2. The molecule has 0 aliphatic carbocycles. The van der Waals surface area contributed by atoms with Crippen molar-refractivity contribution in [1.82, 2.24) is 5.32 Å². The van der Waals surface area contributed by atoms with Crippen LogP contribution in [0.2, 0.25) is 0 Å². The summed E-state index contributed by atoms with van der Waals surface area (Å²) in [7, 11) is 0.146. The van der Waals surface area contributed by atoms with Crippen LogP contribution in [0.3, 0.4) is 0 Å². The minimum atomic E-state index is -1.25. The van der Waals surface area contributed by atoms with Gasteiger partial charge in [-0.25, -0.2) is 4.79 Å². The number of rotatable bonds is 10. The Hall–Kier alpha value is -2.24. The molecule has 0 spiro atoms. The molecule has 164 valence electrons. The van der Waals surface area contributed by atoms with Crippen molar-refractivity contribution in [2.75, 3.05) is 26.7 Å². The van der Waals surface area contributed by atoms with E-state index in [4.69, 9.17) is 18.9 Å². The fourth-order valence-corrected chi connectivity index (χ4v) is 3.19. The maximum absolute atomic E-state index is 12.6. The SMILES string of the molecule is COc1ccc2c(c1C(=O)OCOC(=O)C(C)C)OB(O)C(NCC(C=O)SC)C2. The Morgan fingerprint density at radius 3 is 2.73 bits per heavy atom. The van der Waals surface area contributed by atoms with Crippen molar-refractivity contribution < 1.29 is 38.3 Å². The van der Waals surface area contributed by atoms with Gasteiger partial charge in [0.15, 0.2) is 0 Å². The number of hydrogen-bond acceptors (Lipinski definition) is 10. The van der Waals surface area contributed by atoms with E-state index < -0.39 is 31.8 Å². The largest absolute Gasteiger partial charge is 0.541 e. The fourth-order valence-electron chi connectivity index (χ4n) is 2.81. The van der Waals surface area contributed by atoms with Gasteiger partial charge in [0, 0.05) is 6.54 Å². The third kappa shape index (κ3) is 5.90. The number of hydrogen-bond donors (Lipinski definition) is 2. The lowest BCUT2D eigenvalue weighted by atomic mass is 9.72. The van der Waals surface area contributed by atoms with Gasteiger partial charge in [-0.05, 0) is 24.3 Å². The summed E-state index contributed by atoms with van der Waals surface area (Å²) in [4.78, 5) is 35.1. The van der Waals surface area contributed by atoms with Gasteiger partial charge in [0.05, 0.1) is 24.2 Å². The summed E-state index contributed by atoms with van der Waals surface area (Å²) in [6, 6.07) is 3.33. The summed E-state index contributed by atoms with van der Waals surface area (Å²) in [5, 5.41) is 13.3. The first-order valence-corrected chi connectivity index (χ1v) is 10.7. The molecule has 0 aromatic heterocycles. The molecule has 9 nitrogen and oxygen atoms in total. The number of carbonyl (C=O) groups is 3. The van der Waals surface area contributed by atoms with E-state index >= 15 is 0 Å². The van der Waals surface area contributed by atoms with Gasteiger partial charge < -0.3 is 34.0 Å². The lowest BCUT2D eigenvalue weighted by molar-refractivity contribution is -0.155. The molecule has 0 amide bonds. The van der Waals surface area contributed by atoms with Crippen LogP contribution < -0.4 is 14.7 Å². The molecule has 1 aromatic rings. The van der Waals surface area contributed by atoms with Gasteiger partial charge >= 0.3 is 19.1 Å². The zero-order valence-electron chi connectivity index (χ0n) is 17.4. The molecule has 1 heterocycles. The van der Waals surface area contributed by atoms with Crippen molar-refractivity contribution >= 4 is 37.1 Å². The van der Waals surface area contributed by atoms with Gasteiger partial charge in [-0.15, -0.1) is 0 Å². The van der Waals surface area contributed by atoms with Gasteiger partial charge in [-0.1, -0.05) is 19.9 Å². The van der Waals surface area contributed by atoms with E-state index in [1.165, 1.54) is 18.9 Å². The highest BCUT2D eigenvalue weighted by Gasteiger charge is 2.38. The maximum atomic E-state index is 12.6. The first-order valence-electron chi connectivity index (χ1n) is 9.42. The van der Waals surface area contributed by atoms with E-state index in [0.29, 0.717) is 18.5 Å². The topological polar surface area (TPSA) is 120 Å². The van der Waals surface area contributed by atoms with Crippen LogP contribution in [0.4, 0.5) is 0 Å². The van der Waals surface area contributed by atoms with E-state index in [9.17, 15) is 19.4 Å². The summed E-state index contributed by atoms with van der Waals surface area (Å²) in [6.45, 7) is 3.16. The number of aldehydes is 1. The molecule has 0 radical (unpaired) electrons. The highest BCUT2D eigenvalue weighted by Crippen LogP contribution is 2.36. The second-order valence-corrected chi connectivity index (χ2v) is 8.01. The molecule has 2 atom stereocenters. The Morgan fingerprint density at radius 2 is 2.13 bits per heavy atom. The predicted molar refractivity (Wildman–Crippen MR) is 112 cm³/mol. The van der Waals surface area contributed by atoms with Crippen LogP contribution in [0.15, 0.2) is 12.1 Å². The van der Waals surface area contributed by atoms with Gasteiger partial charge in [0.1, 0.15) is 23.3 Å². The van der Waals surface area contributed by atoms with E-state index in [1.54, 1.807) is 26.0 Å². The summed E-state index contributed by atoms with van der Waals surface area (Å²) in [5.41, 5.74) is 0.666. The van der Waals surface area contributed by atoms with E-state index in [0.717, 1.165) is 6.29 Å². The van der Waals surface area contributed by atoms with E-state index in [1.807, 2.05) is 6.26 Å². The van der Waals surface area contributed by atoms with Crippen LogP contribution in [0, 0.1) is 5.92 Å². The van der Waals surface area contributed by atoms with Crippen molar-refractivity contribution in [3.05, 3.63) is 23.3 Å².